The van der Waals surface area contributed by atoms with Crippen LogP contribution in [0, 0.1) is 10.1 Å². The first-order chi connectivity index (χ1) is 12.2. The van der Waals surface area contributed by atoms with Crippen LogP contribution in [-0.2, 0) is 13.1 Å². The maximum Gasteiger partial charge on any atom is 0.270 e. The van der Waals surface area contributed by atoms with Gasteiger partial charge in [0.25, 0.3) is 5.69 Å². The van der Waals surface area contributed by atoms with Crippen LogP contribution < -0.4 is 4.80 Å². The molecule has 0 N–H and O–H groups in total. The van der Waals surface area contributed by atoms with Gasteiger partial charge in [0.05, 0.1) is 17.2 Å². The van der Waals surface area contributed by atoms with Gasteiger partial charge in [-0.2, -0.15) is 0 Å². The number of nitrogens with zero attached hydrogens (tertiary/aromatic N) is 3. The normalized spacial score (nSPS) is 11.4. The Hall–Kier alpha value is -2.99. The number of benzene rings is 2. The molecule has 0 saturated heterocycles. The molecule has 3 rings (SSSR count). The second-order valence-electron chi connectivity index (χ2n) is 5.41. The van der Waals surface area contributed by atoms with Gasteiger partial charge in [0.15, 0.2) is 4.80 Å². The molecule has 0 saturated carbocycles. The number of thiazole rings is 1. The lowest BCUT2D eigenvalue weighted by Crippen LogP contribution is -2.15. The molecule has 0 spiro atoms. The summed E-state index contributed by atoms with van der Waals surface area (Å²) in [4.78, 5) is 16.2. The Morgan fingerprint density at radius 1 is 1.20 bits per heavy atom. The molecule has 126 valence electrons. The highest BCUT2D eigenvalue weighted by Crippen LogP contribution is 2.24. The zero-order chi connectivity index (χ0) is 17.6. The quantitative estimate of drug-likeness (QED) is 0.375. The number of allylic oxidation sites excluding steroid dienone is 1. The molecule has 0 radical (unpaired) electrons. The van der Waals surface area contributed by atoms with Gasteiger partial charge >= 0.3 is 0 Å². The lowest BCUT2D eigenvalue weighted by molar-refractivity contribution is -0.384. The zero-order valence-corrected chi connectivity index (χ0v) is 14.4. The fourth-order valence-corrected chi connectivity index (χ4v) is 3.43. The Balaban J connectivity index is 2.01. The van der Waals surface area contributed by atoms with E-state index >= 15 is 0 Å². The highest BCUT2D eigenvalue weighted by molar-refractivity contribution is 7.07. The first-order valence-corrected chi connectivity index (χ1v) is 8.65. The summed E-state index contributed by atoms with van der Waals surface area (Å²) >= 11 is 1.52. The van der Waals surface area contributed by atoms with E-state index in [0.717, 1.165) is 21.6 Å². The van der Waals surface area contributed by atoms with E-state index in [2.05, 4.69) is 6.58 Å². The largest absolute Gasteiger partial charge is 0.313 e. The van der Waals surface area contributed by atoms with Gasteiger partial charge in [0, 0.05) is 29.6 Å². The van der Waals surface area contributed by atoms with Crippen molar-refractivity contribution in [2.45, 2.75) is 13.1 Å². The highest BCUT2D eigenvalue weighted by Gasteiger charge is 2.11. The Morgan fingerprint density at radius 3 is 2.72 bits per heavy atom. The van der Waals surface area contributed by atoms with Crippen molar-refractivity contribution < 1.29 is 4.92 Å². The SMILES string of the molecule is C=CCn1c(-c2cccc([N+](=O)[O-])c2)csc1=NCc1ccccc1. The summed E-state index contributed by atoms with van der Waals surface area (Å²) in [5, 5.41) is 13.0. The average molecular weight is 351 g/mol. The number of aromatic nitrogens is 1. The Kier molecular flexibility index (Phi) is 5.20. The van der Waals surface area contributed by atoms with E-state index in [9.17, 15) is 10.1 Å². The second-order valence-corrected chi connectivity index (χ2v) is 6.25. The summed E-state index contributed by atoms with van der Waals surface area (Å²) in [6.45, 7) is 4.99. The van der Waals surface area contributed by atoms with E-state index in [1.165, 1.54) is 17.4 Å². The molecule has 0 bridgehead atoms. The first kappa shape index (κ1) is 16.9. The molecule has 0 aliphatic rings. The molecule has 0 fully saturated rings. The van der Waals surface area contributed by atoms with Crippen LogP contribution in [0.15, 0.2) is 77.6 Å². The van der Waals surface area contributed by atoms with Crippen molar-refractivity contribution in [2.75, 3.05) is 0 Å². The summed E-state index contributed by atoms with van der Waals surface area (Å²) in [7, 11) is 0. The van der Waals surface area contributed by atoms with Crippen LogP contribution in [0.25, 0.3) is 11.3 Å². The fourth-order valence-electron chi connectivity index (χ4n) is 2.51. The molecule has 5 nitrogen and oxygen atoms in total. The van der Waals surface area contributed by atoms with Gasteiger partial charge in [-0.1, -0.05) is 48.5 Å². The second kappa shape index (κ2) is 7.72. The first-order valence-electron chi connectivity index (χ1n) is 7.77. The average Bonchev–Trinajstić information content (AvgIpc) is 3.04. The summed E-state index contributed by atoms with van der Waals surface area (Å²) in [5.74, 6) is 0. The summed E-state index contributed by atoms with van der Waals surface area (Å²) in [6.07, 6.45) is 1.80. The number of nitro groups is 1. The van der Waals surface area contributed by atoms with E-state index in [0.29, 0.717) is 13.1 Å². The van der Waals surface area contributed by atoms with Crippen molar-refractivity contribution in [2.24, 2.45) is 4.99 Å². The Morgan fingerprint density at radius 2 is 2.00 bits per heavy atom. The van der Waals surface area contributed by atoms with Crippen LogP contribution in [0.2, 0.25) is 0 Å². The fraction of sp³-hybridized carbons (Fsp3) is 0.105. The van der Waals surface area contributed by atoms with Crippen LogP contribution >= 0.6 is 11.3 Å². The van der Waals surface area contributed by atoms with Crippen molar-refractivity contribution in [3.63, 3.8) is 0 Å². The Bertz CT molecular complexity index is 958. The smallest absolute Gasteiger partial charge is 0.270 e. The lowest BCUT2D eigenvalue weighted by atomic mass is 10.1. The third kappa shape index (κ3) is 3.92. The van der Waals surface area contributed by atoms with Crippen molar-refractivity contribution >= 4 is 17.0 Å². The van der Waals surface area contributed by atoms with Crippen molar-refractivity contribution in [1.29, 1.82) is 0 Å². The standard InChI is InChI=1S/C19H17N3O2S/c1-2-11-21-18(16-9-6-10-17(12-16)22(23)24)14-25-19(21)20-13-15-7-4-3-5-8-15/h2-10,12,14H,1,11,13H2. The predicted octanol–water partition coefficient (Wildman–Crippen LogP) is 4.41. The number of non-ortho nitro benzene ring substituents is 1. The topological polar surface area (TPSA) is 60.4 Å². The molecule has 0 aliphatic carbocycles. The van der Waals surface area contributed by atoms with Gasteiger partial charge in [-0.15, -0.1) is 17.9 Å². The van der Waals surface area contributed by atoms with Gasteiger partial charge in [-0.3, -0.25) is 15.1 Å². The van der Waals surface area contributed by atoms with Crippen LogP contribution in [0.3, 0.4) is 0 Å². The molecule has 25 heavy (non-hydrogen) atoms. The van der Waals surface area contributed by atoms with Crippen molar-refractivity contribution in [1.82, 2.24) is 4.57 Å². The molecule has 2 aromatic carbocycles. The maximum atomic E-state index is 11.0. The van der Waals surface area contributed by atoms with Gasteiger partial charge in [0.2, 0.25) is 0 Å². The van der Waals surface area contributed by atoms with Crippen molar-refractivity contribution in [3.05, 3.63) is 93.1 Å². The lowest BCUT2D eigenvalue weighted by Gasteiger charge is -2.06. The summed E-state index contributed by atoms with van der Waals surface area (Å²) < 4.78 is 2.03. The van der Waals surface area contributed by atoms with Crippen LogP contribution in [0.1, 0.15) is 5.56 Å². The van der Waals surface area contributed by atoms with E-state index in [-0.39, 0.29) is 10.6 Å². The van der Waals surface area contributed by atoms with Crippen LogP contribution in [0.5, 0.6) is 0 Å². The number of hydrogen-bond donors (Lipinski definition) is 0. The van der Waals surface area contributed by atoms with Gasteiger partial charge in [0.1, 0.15) is 0 Å². The number of rotatable bonds is 6. The third-order valence-corrected chi connectivity index (χ3v) is 4.60. The van der Waals surface area contributed by atoms with Crippen LogP contribution in [0.4, 0.5) is 5.69 Å². The molecule has 0 atom stereocenters. The molecule has 1 aromatic heterocycles. The minimum Gasteiger partial charge on any atom is -0.313 e. The van der Waals surface area contributed by atoms with E-state index in [1.807, 2.05) is 46.3 Å². The van der Waals surface area contributed by atoms with Gasteiger partial charge < -0.3 is 4.57 Å². The molecule has 6 heteroatoms. The van der Waals surface area contributed by atoms with E-state index in [4.69, 9.17) is 4.99 Å². The Labute approximate surface area is 149 Å². The molecular weight excluding hydrogens is 334 g/mol. The molecule has 3 aromatic rings. The molecular formula is C19H17N3O2S. The summed E-state index contributed by atoms with van der Waals surface area (Å²) in [6, 6.07) is 16.7. The third-order valence-electron chi connectivity index (χ3n) is 3.70. The molecule has 0 amide bonds. The van der Waals surface area contributed by atoms with Crippen LogP contribution in [-0.4, -0.2) is 9.49 Å². The highest BCUT2D eigenvalue weighted by atomic mass is 32.1. The summed E-state index contributed by atoms with van der Waals surface area (Å²) in [5.41, 5.74) is 2.92. The predicted molar refractivity (Wildman–Crippen MR) is 100 cm³/mol. The van der Waals surface area contributed by atoms with E-state index < -0.39 is 0 Å². The minimum atomic E-state index is -0.381. The monoisotopic (exact) mass is 351 g/mol. The molecule has 1 heterocycles. The van der Waals surface area contributed by atoms with Gasteiger partial charge in [-0.05, 0) is 5.56 Å². The van der Waals surface area contributed by atoms with Gasteiger partial charge in [-0.25, -0.2) is 0 Å². The van der Waals surface area contributed by atoms with Crippen molar-refractivity contribution in [3.8, 4) is 11.3 Å². The minimum absolute atomic E-state index is 0.0802. The van der Waals surface area contributed by atoms with E-state index in [1.54, 1.807) is 18.2 Å². The maximum absolute atomic E-state index is 11.0. The zero-order valence-electron chi connectivity index (χ0n) is 13.5. The number of hydrogen-bond acceptors (Lipinski definition) is 4. The molecule has 0 aliphatic heterocycles. The molecule has 0 unspecified atom stereocenters. The number of nitro benzene ring substituents is 1.